The summed E-state index contributed by atoms with van der Waals surface area (Å²) in [5.74, 6) is -4.60. The molecule has 0 bridgehead atoms. The second-order valence-corrected chi connectivity index (χ2v) is 4.53. The molecule has 0 heterocycles. The van der Waals surface area contributed by atoms with Crippen molar-refractivity contribution in [3.63, 3.8) is 0 Å². The Morgan fingerprint density at radius 1 is 1.29 bits per heavy atom. The van der Waals surface area contributed by atoms with Gasteiger partial charge in [0.1, 0.15) is 0 Å². The highest BCUT2D eigenvalue weighted by molar-refractivity contribution is 5.87. The number of hydrogen-bond donors (Lipinski definition) is 1. The molecule has 2 rings (SSSR count). The van der Waals surface area contributed by atoms with Crippen molar-refractivity contribution in [1.82, 2.24) is 0 Å². The van der Waals surface area contributed by atoms with Gasteiger partial charge in [-0.2, -0.15) is 0 Å². The summed E-state index contributed by atoms with van der Waals surface area (Å²) in [7, 11) is 3.65. The van der Waals surface area contributed by atoms with Crippen LogP contribution in [0.1, 0.15) is 12.0 Å². The summed E-state index contributed by atoms with van der Waals surface area (Å²) in [4.78, 5) is 12.8. The number of carbonyl (C=O) groups is 1. The Labute approximate surface area is 97.7 Å². The smallest absolute Gasteiger partial charge is 0.320 e. The zero-order valence-electron chi connectivity index (χ0n) is 9.58. The number of nitrogens with zero attached hydrogens (tertiary/aromatic N) is 1. The first-order valence-electron chi connectivity index (χ1n) is 5.20. The van der Waals surface area contributed by atoms with Crippen LogP contribution in [0, 0.1) is 0 Å². The van der Waals surface area contributed by atoms with Crippen LogP contribution in [-0.4, -0.2) is 31.1 Å². The maximum absolute atomic E-state index is 13.3. The lowest BCUT2D eigenvalue weighted by atomic mass is 9.95. The lowest BCUT2D eigenvalue weighted by Gasteiger charge is -2.15. The lowest BCUT2D eigenvalue weighted by molar-refractivity contribution is -0.142. The minimum absolute atomic E-state index is 0.167. The molecule has 0 spiro atoms. The first kappa shape index (κ1) is 11.8. The molecule has 0 aliphatic heterocycles. The molecular weight excluding hydrogens is 228 g/mol. The number of alkyl halides is 2. The highest BCUT2D eigenvalue weighted by Gasteiger charge is 2.77. The number of carboxylic acid groups (broad SMARTS) is 1. The molecule has 0 saturated heterocycles. The van der Waals surface area contributed by atoms with E-state index in [9.17, 15) is 13.6 Å². The van der Waals surface area contributed by atoms with Crippen LogP contribution >= 0.6 is 0 Å². The molecule has 0 aromatic heterocycles. The van der Waals surface area contributed by atoms with Crippen LogP contribution in [0.15, 0.2) is 24.3 Å². The van der Waals surface area contributed by atoms with Crippen molar-refractivity contribution in [2.75, 3.05) is 19.0 Å². The van der Waals surface area contributed by atoms with Gasteiger partial charge in [0, 0.05) is 26.2 Å². The highest BCUT2D eigenvalue weighted by atomic mass is 19.3. The molecule has 0 radical (unpaired) electrons. The molecule has 1 saturated carbocycles. The van der Waals surface area contributed by atoms with Gasteiger partial charge in [0.05, 0.1) is 0 Å². The minimum atomic E-state index is -3.14. The SMILES string of the molecule is CN(C)c1ccc(C2(C(=O)O)CC2(F)F)cc1. The first-order valence-corrected chi connectivity index (χ1v) is 5.20. The number of carboxylic acids is 1. The van der Waals surface area contributed by atoms with Crippen molar-refractivity contribution in [2.24, 2.45) is 0 Å². The van der Waals surface area contributed by atoms with Crippen LogP contribution in [0.3, 0.4) is 0 Å². The second-order valence-electron chi connectivity index (χ2n) is 4.53. The third kappa shape index (κ3) is 1.57. The first-order chi connectivity index (χ1) is 7.81. The van der Waals surface area contributed by atoms with Gasteiger partial charge in [0.25, 0.3) is 5.92 Å². The fourth-order valence-corrected chi connectivity index (χ4v) is 2.00. The number of halogens is 2. The van der Waals surface area contributed by atoms with Gasteiger partial charge in [0.2, 0.25) is 0 Å². The largest absolute Gasteiger partial charge is 0.480 e. The molecule has 1 aromatic rings. The Bertz CT molecular complexity index is 456. The van der Waals surface area contributed by atoms with Gasteiger partial charge in [-0.1, -0.05) is 12.1 Å². The van der Waals surface area contributed by atoms with Crippen molar-refractivity contribution in [2.45, 2.75) is 17.8 Å². The fraction of sp³-hybridized carbons (Fsp3) is 0.417. The third-order valence-corrected chi connectivity index (χ3v) is 3.23. The molecule has 1 atom stereocenters. The van der Waals surface area contributed by atoms with Gasteiger partial charge in [-0.15, -0.1) is 0 Å². The zero-order chi connectivity index (χ0) is 12.8. The van der Waals surface area contributed by atoms with Crippen molar-refractivity contribution in [3.8, 4) is 0 Å². The van der Waals surface area contributed by atoms with Gasteiger partial charge in [-0.25, -0.2) is 8.78 Å². The Hall–Kier alpha value is -1.65. The summed E-state index contributed by atoms with van der Waals surface area (Å²) in [5, 5.41) is 8.98. The van der Waals surface area contributed by atoms with E-state index in [1.807, 2.05) is 19.0 Å². The predicted molar refractivity (Wildman–Crippen MR) is 59.6 cm³/mol. The summed E-state index contributed by atoms with van der Waals surface area (Å²) in [5.41, 5.74) is -1.00. The van der Waals surface area contributed by atoms with Crippen LogP contribution < -0.4 is 4.90 Å². The molecule has 1 unspecified atom stereocenters. The molecule has 5 heteroatoms. The van der Waals surface area contributed by atoms with E-state index in [0.29, 0.717) is 0 Å². The van der Waals surface area contributed by atoms with E-state index in [1.54, 1.807) is 12.1 Å². The van der Waals surface area contributed by atoms with E-state index < -0.39 is 23.7 Å². The van der Waals surface area contributed by atoms with Gasteiger partial charge < -0.3 is 10.0 Å². The quantitative estimate of drug-likeness (QED) is 0.881. The average Bonchev–Trinajstić information content (AvgIpc) is 2.83. The lowest BCUT2D eigenvalue weighted by Crippen LogP contribution is -2.27. The van der Waals surface area contributed by atoms with Gasteiger partial charge in [0.15, 0.2) is 5.41 Å². The molecule has 1 aromatic carbocycles. The summed E-state index contributed by atoms with van der Waals surface area (Å²) in [6.45, 7) is 0. The van der Waals surface area contributed by atoms with E-state index in [-0.39, 0.29) is 5.56 Å². The van der Waals surface area contributed by atoms with Crippen LogP contribution in [0.5, 0.6) is 0 Å². The van der Waals surface area contributed by atoms with Crippen molar-refractivity contribution in [3.05, 3.63) is 29.8 Å². The van der Waals surface area contributed by atoms with Crippen molar-refractivity contribution in [1.29, 1.82) is 0 Å². The van der Waals surface area contributed by atoms with Crippen LogP contribution in [0.2, 0.25) is 0 Å². The molecule has 1 N–H and O–H groups in total. The van der Waals surface area contributed by atoms with Crippen LogP contribution in [-0.2, 0) is 10.2 Å². The maximum atomic E-state index is 13.3. The van der Waals surface area contributed by atoms with Gasteiger partial charge in [-0.05, 0) is 17.7 Å². The molecule has 0 amide bonds. The Balaban J connectivity index is 2.38. The van der Waals surface area contributed by atoms with Crippen molar-refractivity contribution >= 4 is 11.7 Å². The molecule has 3 nitrogen and oxygen atoms in total. The highest BCUT2D eigenvalue weighted by Crippen LogP contribution is 2.61. The summed E-state index contributed by atoms with van der Waals surface area (Å²) >= 11 is 0. The molecule has 1 aliphatic rings. The number of benzene rings is 1. The average molecular weight is 241 g/mol. The topological polar surface area (TPSA) is 40.5 Å². The normalized spacial score (nSPS) is 25.4. The molecule has 17 heavy (non-hydrogen) atoms. The van der Waals surface area contributed by atoms with Gasteiger partial charge >= 0.3 is 5.97 Å². The minimum Gasteiger partial charge on any atom is -0.480 e. The molecular formula is C12H13F2NO2. The van der Waals surface area contributed by atoms with E-state index in [2.05, 4.69) is 0 Å². The summed E-state index contributed by atoms with van der Waals surface area (Å²) in [6, 6.07) is 6.22. The zero-order valence-corrected chi connectivity index (χ0v) is 9.58. The number of rotatable bonds is 3. The number of anilines is 1. The van der Waals surface area contributed by atoms with E-state index in [0.717, 1.165) is 5.69 Å². The van der Waals surface area contributed by atoms with Gasteiger partial charge in [-0.3, -0.25) is 4.79 Å². The Morgan fingerprint density at radius 2 is 1.76 bits per heavy atom. The molecule has 1 fully saturated rings. The number of hydrogen-bond acceptors (Lipinski definition) is 2. The Morgan fingerprint density at radius 3 is 2.06 bits per heavy atom. The van der Waals surface area contributed by atoms with E-state index in [1.165, 1.54) is 12.1 Å². The maximum Gasteiger partial charge on any atom is 0.320 e. The van der Waals surface area contributed by atoms with Crippen LogP contribution in [0.4, 0.5) is 14.5 Å². The van der Waals surface area contributed by atoms with Crippen LogP contribution in [0.25, 0.3) is 0 Å². The monoisotopic (exact) mass is 241 g/mol. The van der Waals surface area contributed by atoms with Crippen molar-refractivity contribution < 1.29 is 18.7 Å². The molecule has 1 aliphatic carbocycles. The fourth-order valence-electron chi connectivity index (χ4n) is 2.00. The Kier molecular flexibility index (Phi) is 2.38. The number of aliphatic carboxylic acids is 1. The summed E-state index contributed by atoms with van der Waals surface area (Å²) < 4.78 is 26.5. The van der Waals surface area contributed by atoms with E-state index in [4.69, 9.17) is 5.11 Å². The summed E-state index contributed by atoms with van der Waals surface area (Å²) in [6.07, 6.45) is -0.614. The standard InChI is InChI=1S/C12H13F2NO2/c1-15(2)9-5-3-8(4-6-9)11(10(16)17)7-12(11,13)14/h3-6H,7H2,1-2H3,(H,16,17). The predicted octanol–water partition coefficient (Wildman–Crippen LogP) is 2.11. The second kappa shape index (κ2) is 3.42. The molecule has 92 valence electrons. The van der Waals surface area contributed by atoms with E-state index >= 15 is 0 Å². The third-order valence-electron chi connectivity index (χ3n) is 3.23.